The van der Waals surface area contributed by atoms with E-state index in [2.05, 4.69) is 53.8 Å². The molecule has 4 amide bonds. The number of hydrogen-bond donors (Lipinski definition) is 1. The van der Waals surface area contributed by atoms with Crippen LogP contribution in [-0.4, -0.2) is 102 Å². The molecule has 2 aliphatic carbocycles. The first-order valence-corrected chi connectivity index (χ1v) is 22.5. The smallest absolute Gasteiger partial charge is 0.262 e. The number of Topliss-reactive ketones (excluding diaryl/α,β-unsaturated/α-hetero) is 1. The molecule has 0 spiro atoms. The van der Waals surface area contributed by atoms with Crippen molar-refractivity contribution in [1.29, 1.82) is 5.26 Å². The Morgan fingerprint density at radius 3 is 2.32 bits per heavy atom. The summed E-state index contributed by atoms with van der Waals surface area (Å²) in [7, 11) is 0. The quantitative estimate of drug-likeness (QED) is 0.185. The second-order valence-corrected chi connectivity index (χ2v) is 19.8. The Morgan fingerprint density at radius 2 is 1.63 bits per heavy atom. The maximum atomic E-state index is 13.7. The highest BCUT2D eigenvalue weighted by atomic mass is 35.5. The van der Waals surface area contributed by atoms with Crippen LogP contribution in [0.15, 0.2) is 54.7 Å². The summed E-state index contributed by atoms with van der Waals surface area (Å²) in [5.41, 5.74) is 2.04. The van der Waals surface area contributed by atoms with Gasteiger partial charge in [-0.15, -0.1) is 0 Å². The molecular formula is C48H54ClN7O6. The zero-order valence-electron chi connectivity index (χ0n) is 35.9. The van der Waals surface area contributed by atoms with Gasteiger partial charge in [0, 0.05) is 92.5 Å². The third-order valence-electron chi connectivity index (χ3n) is 15.2. The molecule has 1 aromatic heterocycles. The number of hydrogen-bond acceptors (Lipinski definition) is 11. The number of imide groups is 2. The Labute approximate surface area is 367 Å². The zero-order valence-corrected chi connectivity index (χ0v) is 36.6. The van der Waals surface area contributed by atoms with Gasteiger partial charge in [0.1, 0.15) is 29.8 Å². The topological polar surface area (TPSA) is 156 Å². The van der Waals surface area contributed by atoms with E-state index in [4.69, 9.17) is 21.3 Å². The summed E-state index contributed by atoms with van der Waals surface area (Å²) in [6.07, 6.45) is 6.89. The summed E-state index contributed by atoms with van der Waals surface area (Å²) in [4.78, 5) is 77.6. The number of anilines is 2. The summed E-state index contributed by atoms with van der Waals surface area (Å²) >= 11 is 6.28. The molecule has 3 aromatic rings. The molecule has 0 radical (unpaired) electrons. The molecule has 9 rings (SSSR count). The van der Waals surface area contributed by atoms with E-state index >= 15 is 0 Å². The molecule has 4 aliphatic heterocycles. The van der Waals surface area contributed by atoms with Crippen LogP contribution in [0.3, 0.4) is 0 Å². The minimum atomic E-state index is -0.972. The molecule has 5 fully saturated rings. The van der Waals surface area contributed by atoms with Crippen molar-refractivity contribution in [2.45, 2.75) is 90.8 Å². The van der Waals surface area contributed by atoms with Crippen LogP contribution in [0, 0.1) is 39.9 Å². The molecule has 4 atom stereocenters. The summed E-state index contributed by atoms with van der Waals surface area (Å²) < 4.78 is 6.43. The van der Waals surface area contributed by atoms with E-state index in [1.54, 1.807) is 36.5 Å². The van der Waals surface area contributed by atoms with Gasteiger partial charge in [0.05, 0.1) is 21.7 Å². The average molecular weight is 860 g/mol. The fraction of sp³-hybridized carbons (Fsp3) is 0.521. The van der Waals surface area contributed by atoms with Crippen molar-refractivity contribution >= 4 is 52.5 Å². The van der Waals surface area contributed by atoms with Gasteiger partial charge < -0.3 is 14.5 Å². The second-order valence-electron chi connectivity index (χ2n) is 19.4. The van der Waals surface area contributed by atoms with Gasteiger partial charge in [-0.25, -0.2) is 4.98 Å². The summed E-state index contributed by atoms with van der Waals surface area (Å²) in [5.74, 6) is 1.05. The van der Waals surface area contributed by atoms with Gasteiger partial charge >= 0.3 is 0 Å². The standard InChI is InChI=1S/C48H54ClN7O6/c1-47(2)40(48(3,4)46(47)62-34-10-6-29(25-50)37(49)23-34)24-39(57)30-7-13-41(51-26-30)55-16-15-28-21-32(8-5-31(28)27-55)53-17-19-54(20-18-53)33-9-11-35-36(22-33)45(61)56(44(35)60)38-12-14-42(58)52-43(38)59/h6-7,9-11,13,22-23,26,28,31-32,38,40,46H,5,8,12,14-21,24,27H2,1-4H3,(H,52,58,59)/t28-,31-,32+,38?,40?,46?/m1/s1. The number of nitrogens with zero attached hydrogens (tertiary/aromatic N) is 6. The number of benzene rings is 2. The molecule has 5 heterocycles. The number of carbonyl (C=O) groups is 5. The SMILES string of the molecule is CC1(C)C(CC(=O)c2ccc(N3CC[C@@H]4C[C@@H](N5CCN(c6ccc7c(c6)C(=O)N(C6CCC(=O)NC6=O)C7=O)CC5)CC[C@@H]4C3)nc2)C(C)(C)C1Oc1ccc(C#N)c(Cl)c1. The van der Waals surface area contributed by atoms with E-state index in [1.165, 1.54) is 12.8 Å². The Kier molecular flexibility index (Phi) is 10.9. The number of nitrogens with one attached hydrogen (secondary N) is 1. The number of aromatic nitrogens is 1. The first kappa shape index (κ1) is 42.0. The Morgan fingerprint density at radius 1 is 0.871 bits per heavy atom. The lowest BCUT2D eigenvalue weighted by Crippen LogP contribution is -2.66. The first-order chi connectivity index (χ1) is 29.6. The molecule has 6 aliphatic rings. The number of piperazine rings is 1. The number of piperidine rings is 2. The number of ketones is 1. The largest absolute Gasteiger partial charge is 0.489 e. The summed E-state index contributed by atoms with van der Waals surface area (Å²) in [6.45, 7) is 14.0. The van der Waals surface area contributed by atoms with Crippen LogP contribution in [0.25, 0.3) is 0 Å². The number of ether oxygens (including phenoxy) is 1. The van der Waals surface area contributed by atoms with E-state index in [-0.39, 0.29) is 47.4 Å². The molecule has 14 heteroatoms. The van der Waals surface area contributed by atoms with Crippen LogP contribution in [0.1, 0.15) is 109 Å². The number of halogens is 1. The van der Waals surface area contributed by atoms with Crippen molar-refractivity contribution in [2.75, 3.05) is 49.1 Å². The monoisotopic (exact) mass is 859 g/mol. The van der Waals surface area contributed by atoms with Crippen molar-refractivity contribution in [2.24, 2.45) is 28.6 Å². The fourth-order valence-corrected chi connectivity index (χ4v) is 12.2. The predicted octanol–water partition coefficient (Wildman–Crippen LogP) is 6.53. The first-order valence-electron chi connectivity index (χ1n) is 22.1. The number of amides is 4. The van der Waals surface area contributed by atoms with E-state index in [0.717, 1.165) is 68.5 Å². The van der Waals surface area contributed by atoms with Gasteiger partial charge in [-0.1, -0.05) is 39.3 Å². The van der Waals surface area contributed by atoms with Crippen molar-refractivity contribution < 1.29 is 28.7 Å². The summed E-state index contributed by atoms with van der Waals surface area (Å²) in [6, 6.07) is 16.1. The van der Waals surface area contributed by atoms with Crippen LogP contribution in [0.4, 0.5) is 11.5 Å². The normalized spacial score (nSPS) is 28.1. The van der Waals surface area contributed by atoms with Crippen LogP contribution < -0.4 is 19.9 Å². The predicted molar refractivity (Wildman–Crippen MR) is 233 cm³/mol. The van der Waals surface area contributed by atoms with Crippen molar-refractivity contribution in [3.05, 3.63) is 82.0 Å². The van der Waals surface area contributed by atoms with Gasteiger partial charge in [-0.05, 0) is 92.3 Å². The molecule has 0 bridgehead atoms. The van der Waals surface area contributed by atoms with Crippen LogP contribution in [0.5, 0.6) is 5.75 Å². The van der Waals surface area contributed by atoms with Crippen molar-refractivity contribution in [3.8, 4) is 11.8 Å². The van der Waals surface area contributed by atoms with Gasteiger partial charge in [-0.2, -0.15) is 5.26 Å². The Balaban J connectivity index is 0.746. The van der Waals surface area contributed by atoms with Crippen LogP contribution in [0.2, 0.25) is 5.02 Å². The minimum Gasteiger partial charge on any atom is -0.489 e. The maximum absolute atomic E-state index is 13.7. The molecule has 1 unspecified atom stereocenters. The van der Waals surface area contributed by atoms with E-state index in [0.29, 0.717) is 57.3 Å². The van der Waals surface area contributed by atoms with Crippen molar-refractivity contribution in [1.82, 2.24) is 20.1 Å². The number of pyridine rings is 1. The minimum absolute atomic E-state index is 0.0881. The molecule has 13 nitrogen and oxygen atoms in total. The molecule has 324 valence electrons. The van der Waals surface area contributed by atoms with Gasteiger partial charge in [-0.3, -0.25) is 39.1 Å². The number of nitriles is 1. The summed E-state index contributed by atoms with van der Waals surface area (Å²) in [5, 5.41) is 11.9. The highest BCUT2D eigenvalue weighted by Crippen LogP contribution is 2.62. The number of rotatable bonds is 9. The fourth-order valence-electron chi connectivity index (χ4n) is 12.0. The van der Waals surface area contributed by atoms with Crippen molar-refractivity contribution in [3.63, 3.8) is 0 Å². The lowest BCUT2D eigenvalue weighted by molar-refractivity contribution is -0.196. The number of carbonyl (C=O) groups excluding carboxylic acids is 5. The van der Waals surface area contributed by atoms with E-state index < -0.39 is 23.8 Å². The van der Waals surface area contributed by atoms with Crippen LogP contribution >= 0.6 is 11.6 Å². The van der Waals surface area contributed by atoms with E-state index in [9.17, 15) is 29.2 Å². The third-order valence-corrected chi connectivity index (χ3v) is 15.5. The lowest BCUT2D eigenvalue weighted by atomic mass is 9.44. The van der Waals surface area contributed by atoms with Gasteiger partial charge in [0.15, 0.2) is 5.78 Å². The highest BCUT2D eigenvalue weighted by molar-refractivity contribution is 6.31. The number of fused-ring (bicyclic) bond motifs is 2. The maximum Gasteiger partial charge on any atom is 0.262 e. The van der Waals surface area contributed by atoms with Gasteiger partial charge in [0.25, 0.3) is 11.8 Å². The molecule has 2 saturated carbocycles. The lowest BCUT2D eigenvalue weighted by Gasteiger charge is -2.63. The van der Waals surface area contributed by atoms with E-state index in [1.807, 2.05) is 18.2 Å². The molecule has 3 saturated heterocycles. The Hall–Kier alpha value is -5.32. The molecular weight excluding hydrogens is 806 g/mol. The van der Waals surface area contributed by atoms with Gasteiger partial charge in [0.2, 0.25) is 11.8 Å². The molecule has 2 aromatic carbocycles. The highest BCUT2D eigenvalue weighted by Gasteiger charge is 2.63. The second kappa shape index (κ2) is 16.1. The van der Waals surface area contributed by atoms with Crippen LogP contribution in [-0.2, 0) is 9.59 Å². The average Bonchev–Trinajstić information content (AvgIpc) is 3.51. The third kappa shape index (κ3) is 7.42. The zero-order chi connectivity index (χ0) is 43.7. The Bertz CT molecular complexity index is 2350. The molecule has 1 N–H and O–H groups in total. The molecule has 62 heavy (non-hydrogen) atoms.